The van der Waals surface area contributed by atoms with Crippen LogP contribution in [0, 0.1) is 0 Å². The first kappa shape index (κ1) is 14.5. The summed E-state index contributed by atoms with van der Waals surface area (Å²) in [5, 5.41) is 0. The average Bonchev–Trinajstić information content (AvgIpc) is 1.99. The van der Waals surface area contributed by atoms with Gasteiger partial charge in [0.25, 0.3) is 0 Å². The van der Waals surface area contributed by atoms with Crippen LogP contribution in [0.3, 0.4) is 0 Å². The molecule has 0 aromatic heterocycles. The van der Waals surface area contributed by atoms with Crippen LogP contribution >= 0.6 is 7.60 Å². The van der Waals surface area contributed by atoms with Gasteiger partial charge in [-0.15, -0.1) is 6.58 Å². The Kier molecular flexibility index (Phi) is 7.81. The summed E-state index contributed by atoms with van der Waals surface area (Å²) in [6.07, 6.45) is 1.22. The smallest absolute Gasteiger partial charge is 0.770 e. The minimum Gasteiger partial charge on any atom is -0.770 e. The molecular formula is C5H8LiO5P. The minimum absolute atomic E-state index is 0. The molecule has 0 aliphatic carbocycles. The van der Waals surface area contributed by atoms with Crippen LogP contribution in [0.15, 0.2) is 12.7 Å². The van der Waals surface area contributed by atoms with Gasteiger partial charge in [0.1, 0.15) is 0 Å². The maximum absolute atomic E-state index is 10.6. The molecule has 7 heteroatoms. The van der Waals surface area contributed by atoms with Crippen LogP contribution in [-0.4, -0.2) is 19.4 Å². The molecule has 1 unspecified atom stereocenters. The molecule has 12 heavy (non-hydrogen) atoms. The van der Waals surface area contributed by atoms with E-state index in [0.29, 0.717) is 0 Å². The molecule has 0 heterocycles. The molecule has 0 amide bonds. The van der Waals surface area contributed by atoms with Crippen molar-refractivity contribution in [3.63, 3.8) is 0 Å². The summed E-state index contributed by atoms with van der Waals surface area (Å²) in [7, 11) is -3.52. The molecule has 1 atom stereocenters. The van der Waals surface area contributed by atoms with E-state index in [1.54, 1.807) is 0 Å². The van der Waals surface area contributed by atoms with E-state index in [-0.39, 0.29) is 25.5 Å². The van der Waals surface area contributed by atoms with Crippen molar-refractivity contribution < 1.29 is 42.4 Å². The Morgan fingerprint density at radius 3 is 2.58 bits per heavy atom. The van der Waals surface area contributed by atoms with Crippen molar-refractivity contribution in [1.82, 2.24) is 0 Å². The molecule has 0 aliphatic heterocycles. The summed E-state index contributed by atoms with van der Waals surface area (Å²) in [5.74, 6) is 0. The Labute approximate surface area is 82.5 Å². The van der Waals surface area contributed by atoms with Gasteiger partial charge in [0.15, 0.2) is 0 Å². The van der Waals surface area contributed by atoms with Crippen LogP contribution in [0.4, 0.5) is 4.79 Å². The normalized spacial score (nSPS) is 13.8. The van der Waals surface area contributed by atoms with Crippen molar-refractivity contribution in [2.75, 3.05) is 13.7 Å². The maximum Gasteiger partial charge on any atom is 1.00 e. The predicted molar refractivity (Wildman–Crippen MR) is 36.2 cm³/mol. The summed E-state index contributed by atoms with van der Waals surface area (Å²) < 4.78 is 18.7. The van der Waals surface area contributed by atoms with E-state index in [4.69, 9.17) is 0 Å². The SMILES string of the molecule is C=CCOP(=O)([O-])C(=O)OC.[Li+]. The van der Waals surface area contributed by atoms with Crippen LogP contribution < -0.4 is 23.8 Å². The quantitative estimate of drug-likeness (QED) is 0.276. The van der Waals surface area contributed by atoms with E-state index in [9.17, 15) is 14.3 Å². The van der Waals surface area contributed by atoms with Gasteiger partial charge in [0.2, 0.25) is 7.60 Å². The summed E-state index contributed by atoms with van der Waals surface area (Å²) >= 11 is 0. The second-order valence-electron chi connectivity index (χ2n) is 1.55. The third-order valence-corrected chi connectivity index (χ3v) is 1.88. The van der Waals surface area contributed by atoms with Gasteiger partial charge in [0, 0.05) is 0 Å². The van der Waals surface area contributed by atoms with Gasteiger partial charge >= 0.3 is 24.6 Å². The van der Waals surface area contributed by atoms with Crippen LogP contribution in [-0.2, 0) is 13.8 Å². The first-order valence-electron chi connectivity index (χ1n) is 2.69. The summed E-state index contributed by atoms with van der Waals surface area (Å²) in [6, 6.07) is 0. The minimum atomic E-state index is -4.48. The molecule has 0 aromatic carbocycles. The van der Waals surface area contributed by atoms with E-state index in [1.165, 1.54) is 6.08 Å². The Bertz CT molecular complexity index is 204. The second kappa shape index (κ2) is 6.47. The summed E-state index contributed by atoms with van der Waals surface area (Å²) in [6.45, 7) is 2.99. The predicted octanol–water partition coefficient (Wildman–Crippen LogP) is -2.49. The molecular weight excluding hydrogens is 178 g/mol. The number of carbonyl (C=O) groups excluding carboxylic acids is 1. The average molecular weight is 186 g/mol. The topological polar surface area (TPSA) is 75.7 Å². The molecule has 0 fully saturated rings. The van der Waals surface area contributed by atoms with Gasteiger partial charge in [0.05, 0.1) is 13.7 Å². The van der Waals surface area contributed by atoms with Gasteiger partial charge in [-0.3, -0.25) is 4.57 Å². The van der Waals surface area contributed by atoms with Gasteiger partial charge < -0.3 is 14.2 Å². The van der Waals surface area contributed by atoms with Crippen LogP contribution in [0.25, 0.3) is 0 Å². The molecule has 0 saturated heterocycles. The third kappa shape index (κ3) is 4.76. The van der Waals surface area contributed by atoms with Crippen molar-refractivity contribution in [3.8, 4) is 0 Å². The van der Waals surface area contributed by atoms with Crippen molar-refractivity contribution in [2.24, 2.45) is 0 Å². The van der Waals surface area contributed by atoms with Crippen molar-refractivity contribution in [2.45, 2.75) is 0 Å². The van der Waals surface area contributed by atoms with Gasteiger partial charge in [-0.25, -0.2) is 4.79 Å². The summed E-state index contributed by atoms with van der Waals surface area (Å²) in [4.78, 5) is 21.0. The molecule has 0 saturated carbocycles. The zero-order valence-corrected chi connectivity index (χ0v) is 7.87. The van der Waals surface area contributed by atoms with E-state index in [1.807, 2.05) is 0 Å². The third-order valence-electron chi connectivity index (χ3n) is 0.761. The maximum atomic E-state index is 10.6. The molecule has 0 rings (SSSR count). The molecule has 0 bridgehead atoms. The van der Waals surface area contributed by atoms with Crippen molar-refractivity contribution in [3.05, 3.63) is 12.7 Å². The molecule has 0 N–H and O–H groups in total. The zero-order valence-electron chi connectivity index (χ0n) is 6.98. The molecule has 5 nitrogen and oxygen atoms in total. The van der Waals surface area contributed by atoms with Gasteiger partial charge in [-0.2, -0.15) is 0 Å². The van der Waals surface area contributed by atoms with Crippen molar-refractivity contribution in [1.29, 1.82) is 0 Å². The molecule has 0 aromatic rings. The number of carbonyl (C=O) groups is 1. The molecule has 0 aliphatic rings. The first-order chi connectivity index (χ1) is 5.04. The van der Waals surface area contributed by atoms with Crippen LogP contribution in [0.5, 0.6) is 0 Å². The summed E-state index contributed by atoms with van der Waals surface area (Å²) in [5.41, 5.74) is -1.38. The van der Waals surface area contributed by atoms with E-state index in [0.717, 1.165) is 7.11 Å². The second-order valence-corrected chi connectivity index (χ2v) is 3.17. The molecule has 0 radical (unpaired) electrons. The van der Waals surface area contributed by atoms with E-state index < -0.39 is 13.3 Å². The largest absolute Gasteiger partial charge is 1.00 e. The zero-order chi connectivity index (χ0) is 8.91. The Morgan fingerprint density at radius 1 is 1.75 bits per heavy atom. The van der Waals surface area contributed by atoms with Crippen LogP contribution in [0.2, 0.25) is 0 Å². The number of hydrogen-bond donors (Lipinski definition) is 0. The number of rotatable bonds is 4. The van der Waals surface area contributed by atoms with Crippen molar-refractivity contribution >= 4 is 13.3 Å². The standard InChI is InChI=1S/C5H9O5P.Li/c1-3-4-10-11(7,8)5(6)9-2;/h3H,1,4H2,2H3,(H,7,8);/q;+1/p-1. The number of ether oxygens (including phenoxy) is 1. The van der Waals surface area contributed by atoms with Gasteiger partial charge in [-0.1, -0.05) is 6.08 Å². The fourth-order valence-corrected chi connectivity index (χ4v) is 0.946. The fraction of sp³-hybridized carbons (Fsp3) is 0.400. The molecule has 0 spiro atoms. The number of hydrogen-bond acceptors (Lipinski definition) is 5. The Hall–Kier alpha value is -0.0426. The van der Waals surface area contributed by atoms with Gasteiger partial charge in [-0.05, 0) is 0 Å². The van der Waals surface area contributed by atoms with Crippen LogP contribution in [0.1, 0.15) is 0 Å². The first-order valence-corrected chi connectivity index (χ1v) is 4.24. The van der Waals surface area contributed by atoms with E-state index in [2.05, 4.69) is 15.8 Å². The van der Waals surface area contributed by atoms with E-state index >= 15 is 0 Å². The molecule has 64 valence electrons. The number of methoxy groups -OCH3 is 1. The monoisotopic (exact) mass is 186 g/mol. The fourth-order valence-electron chi connectivity index (χ4n) is 0.315. The Balaban J connectivity index is 0. The Morgan fingerprint density at radius 2 is 2.25 bits per heavy atom.